The number of hydrogen-bond donors (Lipinski definition) is 0. The highest BCUT2D eigenvalue weighted by molar-refractivity contribution is 6.30. The number of ether oxygens (including phenoxy) is 1. The summed E-state index contributed by atoms with van der Waals surface area (Å²) in [5, 5.41) is 0.709. The molecule has 0 fully saturated rings. The van der Waals surface area contributed by atoms with Gasteiger partial charge >= 0.3 is 0 Å². The fraction of sp³-hybridized carbons (Fsp3) is 0.294. The minimum Gasteiger partial charge on any atom is -0.488 e. The zero-order chi connectivity index (χ0) is 14.4. The van der Waals surface area contributed by atoms with E-state index in [9.17, 15) is 0 Å². The number of rotatable bonds is 6. The van der Waals surface area contributed by atoms with Crippen LogP contribution >= 0.6 is 11.6 Å². The summed E-state index contributed by atoms with van der Waals surface area (Å²) in [6.45, 7) is 2.63. The maximum Gasteiger partial charge on any atom is 0.137 e. The molecule has 3 heteroatoms. The minimum absolute atomic E-state index is 0.681. The first-order valence-electron chi connectivity index (χ1n) is 6.79. The van der Waals surface area contributed by atoms with Gasteiger partial charge in [-0.05, 0) is 18.2 Å². The van der Waals surface area contributed by atoms with Crippen LogP contribution < -0.4 is 4.74 Å². The lowest BCUT2D eigenvalue weighted by atomic mass is 10.2. The van der Waals surface area contributed by atoms with E-state index in [0.717, 1.165) is 23.3 Å². The van der Waals surface area contributed by atoms with Gasteiger partial charge in [-0.25, -0.2) is 0 Å². The predicted molar refractivity (Wildman–Crippen MR) is 84.1 cm³/mol. The van der Waals surface area contributed by atoms with Crippen LogP contribution in [0.25, 0.3) is 0 Å². The molecule has 0 N–H and O–H groups in total. The maximum absolute atomic E-state index is 5.94. The molecule has 0 amide bonds. The van der Waals surface area contributed by atoms with Gasteiger partial charge in [0.25, 0.3) is 0 Å². The molecule has 0 unspecified atom stereocenters. The number of nitrogens with zero attached hydrogens (tertiary/aromatic N) is 1. The third-order valence-corrected chi connectivity index (χ3v) is 3.45. The van der Waals surface area contributed by atoms with Crippen molar-refractivity contribution in [2.45, 2.75) is 6.54 Å². The maximum atomic E-state index is 5.94. The zero-order valence-electron chi connectivity index (χ0n) is 12.1. The van der Waals surface area contributed by atoms with Gasteiger partial charge in [0.2, 0.25) is 0 Å². The number of quaternary nitrogens is 1. The second kappa shape index (κ2) is 6.78. The summed E-state index contributed by atoms with van der Waals surface area (Å²) in [5.74, 6) is 0.831. The van der Waals surface area contributed by atoms with Gasteiger partial charge in [-0.3, -0.25) is 0 Å². The molecule has 0 atom stereocenters. The molecule has 0 aliphatic heterocycles. The van der Waals surface area contributed by atoms with E-state index in [1.165, 1.54) is 5.56 Å². The Morgan fingerprint density at radius 1 is 1.00 bits per heavy atom. The average Bonchev–Trinajstić information content (AvgIpc) is 2.39. The highest BCUT2D eigenvalue weighted by atomic mass is 35.5. The van der Waals surface area contributed by atoms with Crippen LogP contribution in [0.5, 0.6) is 5.75 Å². The molecule has 0 radical (unpaired) electrons. The van der Waals surface area contributed by atoms with Crippen LogP contribution in [0.4, 0.5) is 0 Å². The van der Waals surface area contributed by atoms with Crippen LogP contribution in [0.2, 0.25) is 5.02 Å². The first-order chi connectivity index (χ1) is 9.55. The molecule has 106 valence electrons. The Morgan fingerprint density at radius 2 is 1.75 bits per heavy atom. The molecule has 20 heavy (non-hydrogen) atoms. The molecule has 0 saturated heterocycles. The normalized spacial score (nSPS) is 11.3. The van der Waals surface area contributed by atoms with Gasteiger partial charge in [-0.2, -0.15) is 0 Å². The van der Waals surface area contributed by atoms with Crippen LogP contribution in [0.1, 0.15) is 5.56 Å². The number of benzene rings is 2. The van der Waals surface area contributed by atoms with Crippen molar-refractivity contribution in [1.29, 1.82) is 0 Å². The van der Waals surface area contributed by atoms with E-state index >= 15 is 0 Å². The number of likely N-dealkylation sites (N-methyl/N-ethyl adjacent to an activating group) is 1. The Bertz CT molecular complexity index is 540. The van der Waals surface area contributed by atoms with E-state index in [-0.39, 0.29) is 0 Å². The quantitative estimate of drug-likeness (QED) is 0.731. The molecule has 2 rings (SSSR count). The van der Waals surface area contributed by atoms with Gasteiger partial charge in [-0.15, -0.1) is 0 Å². The summed E-state index contributed by atoms with van der Waals surface area (Å²) >= 11 is 5.94. The van der Waals surface area contributed by atoms with E-state index in [1.54, 1.807) is 0 Å². The van der Waals surface area contributed by atoms with Gasteiger partial charge in [0.1, 0.15) is 25.4 Å². The van der Waals surface area contributed by atoms with E-state index in [4.69, 9.17) is 16.3 Å². The Morgan fingerprint density at radius 3 is 2.45 bits per heavy atom. The second-order valence-corrected chi connectivity index (χ2v) is 6.05. The van der Waals surface area contributed by atoms with Crippen LogP contribution in [-0.2, 0) is 6.54 Å². The monoisotopic (exact) mass is 290 g/mol. The highest BCUT2D eigenvalue weighted by Crippen LogP contribution is 2.17. The minimum atomic E-state index is 0.681. The summed E-state index contributed by atoms with van der Waals surface area (Å²) < 4.78 is 6.65. The molecule has 0 spiro atoms. The first-order valence-corrected chi connectivity index (χ1v) is 7.17. The Balaban J connectivity index is 1.83. The van der Waals surface area contributed by atoms with E-state index < -0.39 is 0 Å². The molecular weight excluding hydrogens is 270 g/mol. The van der Waals surface area contributed by atoms with Crippen molar-refractivity contribution in [3.05, 3.63) is 65.2 Å². The summed E-state index contributed by atoms with van der Waals surface area (Å²) in [4.78, 5) is 0. The molecule has 0 saturated carbocycles. The Hall–Kier alpha value is -1.51. The van der Waals surface area contributed by atoms with E-state index in [1.807, 2.05) is 30.3 Å². The smallest absolute Gasteiger partial charge is 0.137 e. The predicted octanol–water partition coefficient (Wildman–Crippen LogP) is 4.00. The van der Waals surface area contributed by atoms with E-state index in [0.29, 0.717) is 11.6 Å². The molecule has 0 aliphatic rings. The average molecular weight is 291 g/mol. The molecule has 0 bridgehead atoms. The Labute approximate surface area is 126 Å². The fourth-order valence-electron chi connectivity index (χ4n) is 2.12. The third-order valence-electron chi connectivity index (χ3n) is 3.21. The lowest BCUT2D eigenvalue weighted by Crippen LogP contribution is -2.41. The summed E-state index contributed by atoms with van der Waals surface area (Å²) in [5.41, 5.74) is 1.35. The van der Waals surface area contributed by atoms with Crippen LogP contribution in [-0.4, -0.2) is 31.7 Å². The molecular formula is C17H21ClNO+. The standard InChI is InChI=1S/C17H21ClNO/c1-19(2,14-15-7-4-3-5-8-15)11-12-20-17-10-6-9-16(18)13-17/h3-10,13H,11-12,14H2,1-2H3/q+1. The van der Waals surface area contributed by atoms with Gasteiger partial charge in [-0.1, -0.05) is 48.0 Å². The lowest BCUT2D eigenvalue weighted by Gasteiger charge is -2.29. The van der Waals surface area contributed by atoms with Crippen LogP contribution in [0.15, 0.2) is 54.6 Å². The largest absolute Gasteiger partial charge is 0.488 e. The molecule has 2 aromatic carbocycles. The first kappa shape index (κ1) is 14.9. The van der Waals surface area contributed by atoms with Gasteiger partial charge in [0, 0.05) is 10.6 Å². The van der Waals surface area contributed by atoms with Crippen molar-refractivity contribution in [2.24, 2.45) is 0 Å². The lowest BCUT2D eigenvalue weighted by molar-refractivity contribution is -0.903. The second-order valence-electron chi connectivity index (χ2n) is 5.61. The fourth-order valence-corrected chi connectivity index (χ4v) is 2.30. The van der Waals surface area contributed by atoms with Crippen molar-refractivity contribution in [3.63, 3.8) is 0 Å². The highest BCUT2D eigenvalue weighted by Gasteiger charge is 2.15. The van der Waals surface area contributed by atoms with Crippen molar-refractivity contribution in [1.82, 2.24) is 0 Å². The van der Waals surface area contributed by atoms with Crippen molar-refractivity contribution < 1.29 is 9.22 Å². The molecule has 2 nitrogen and oxygen atoms in total. The van der Waals surface area contributed by atoms with Crippen LogP contribution in [0.3, 0.4) is 0 Å². The summed E-state index contributed by atoms with van der Waals surface area (Å²) in [6.07, 6.45) is 0. The molecule has 0 aromatic heterocycles. The molecule has 2 aromatic rings. The molecule has 0 heterocycles. The zero-order valence-corrected chi connectivity index (χ0v) is 12.8. The summed E-state index contributed by atoms with van der Waals surface area (Å²) in [6, 6.07) is 18.1. The van der Waals surface area contributed by atoms with Crippen molar-refractivity contribution in [3.8, 4) is 5.75 Å². The Kier molecular flexibility index (Phi) is 5.05. The van der Waals surface area contributed by atoms with Gasteiger partial charge in [0.05, 0.1) is 14.1 Å². The van der Waals surface area contributed by atoms with Gasteiger partial charge < -0.3 is 9.22 Å². The topological polar surface area (TPSA) is 9.23 Å². The number of hydrogen-bond acceptors (Lipinski definition) is 1. The van der Waals surface area contributed by atoms with E-state index in [2.05, 4.69) is 38.4 Å². The van der Waals surface area contributed by atoms with Gasteiger partial charge in [0.15, 0.2) is 0 Å². The molecule has 0 aliphatic carbocycles. The SMILES string of the molecule is C[N+](C)(CCOc1cccc(Cl)c1)Cc1ccccc1. The number of halogens is 1. The summed E-state index contributed by atoms with van der Waals surface area (Å²) in [7, 11) is 4.43. The van der Waals surface area contributed by atoms with Crippen molar-refractivity contribution >= 4 is 11.6 Å². The third kappa shape index (κ3) is 4.87. The van der Waals surface area contributed by atoms with Crippen molar-refractivity contribution in [2.75, 3.05) is 27.2 Å². The van der Waals surface area contributed by atoms with Crippen LogP contribution in [0, 0.1) is 0 Å².